The van der Waals surface area contributed by atoms with E-state index in [2.05, 4.69) is 31.7 Å². The van der Waals surface area contributed by atoms with Crippen LogP contribution < -0.4 is 0 Å². The van der Waals surface area contributed by atoms with Crippen LogP contribution in [0.25, 0.3) is 0 Å². The molecule has 0 aromatic carbocycles. The molecule has 0 aromatic heterocycles. The number of hydrogen-bond donors (Lipinski definition) is 0. The second-order valence-corrected chi connectivity index (χ2v) is 8.46. The number of likely N-dealkylation sites (tertiary alicyclic amines) is 1. The van der Waals surface area contributed by atoms with Gasteiger partial charge >= 0.3 is 0 Å². The summed E-state index contributed by atoms with van der Waals surface area (Å²) in [5.74, 6) is 2.36. The van der Waals surface area contributed by atoms with Crippen molar-refractivity contribution in [1.29, 1.82) is 0 Å². The summed E-state index contributed by atoms with van der Waals surface area (Å²) in [6.45, 7) is 11.1. The first-order chi connectivity index (χ1) is 11.5. The fourth-order valence-corrected chi connectivity index (χ4v) is 4.15. The first-order valence-electron chi connectivity index (χ1n) is 10.2. The molecular weight excluding hydrogens is 297 g/mol. The minimum atomic E-state index is -0.264. The molecule has 1 aliphatic heterocycles. The molecule has 1 nitrogen and oxygen atoms in total. The molecule has 0 radical (unpaired) electrons. The summed E-state index contributed by atoms with van der Waals surface area (Å²) < 4.78 is 13.4. The molecule has 2 atom stereocenters. The van der Waals surface area contributed by atoms with Crippen molar-refractivity contribution in [3.63, 3.8) is 0 Å². The van der Waals surface area contributed by atoms with Crippen LogP contribution in [-0.2, 0) is 0 Å². The molecule has 0 amide bonds. The van der Waals surface area contributed by atoms with E-state index >= 15 is 0 Å². The molecule has 2 rings (SSSR count). The maximum Gasteiger partial charge on any atom is 0.0994 e. The summed E-state index contributed by atoms with van der Waals surface area (Å²) in [6, 6.07) is 0.795. The van der Waals surface area contributed by atoms with Gasteiger partial charge in [-0.05, 0) is 83.2 Å². The third-order valence-corrected chi connectivity index (χ3v) is 5.95. The van der Waals surface area contributed by atoms with Gasteiger partial charge in [0.25, 0.3) is 0 Å². The van der Waals surface area contributed by atoms with Crippen molar-refractivity contribution in [1.82, 2.24) is 4.90 Å². The summed E-state index contributed by atoms with van der Waals surface area (Å²) in [4.78, 5) is 2.71. The van der Waals surface area contributed by atoms with Gasteiger partial charge in [0.2, 0.25) is 0 Å². The molecule has 2 fully saturated rings. The highest BCUT2D eigenvalue weighted by Gasteiger charge is 2.33. The van der Waals surface area contributed by atoms with Gasteiger partial charge in [-0.15, -0.1) is 0 Å². The van der Waals surface area contributed by atoms with Crippen LogP contribution in [0, 0.1) is 23.7 Å². The van der Waals surface area contributed by atoms with Crippen LogP contribution in [0.15, 0.2) is 23.8 Å². The number of hydrogen-bond acceptors (Lipinski definition) is 1. The number of piperidine rings is 1. The Morgan fingerprint density at radius 1 is 1.12 bits per heavy atom. The number of halogens is 1. The summed E-state index contributed by atoms with van der Waals surface area (Å²) in [5.41, 5.74) is 1.32. The maximum atomic E-state index is 13.4. The standard InChI is InChI=1S/C22H38FN/c1-5-6-22(16-23)21(15-17(2)3)8-7-19-11-13-24(14-12-19)18(4)20-9-10-20/h5-6,8,17-20,22H,7,9-16H2,1-4H3/b6-5+,21-8+. The first-order valence-corrected chi connectivity index (χ1v) is 10.2. The van der Waals surface area contributed by atoms with Gasteiger partial charge in [-0.1, -0.05) is 37.6 Å². The lowest BCUT2D eigenvalue weighted by atomic mass is 9.87. The van der Waals surface area contributed by atoms with E-state index in [1.807, 2.05) is 19.1 Å². The minimum absolute atomic E-state index is 0.00706. The van der Waals surface area contributed by atoms with Crippen LogP contribution in [-0.4, -0.2) is 30.7 Å². The second-order valence-electron chi connectivity index (χ2n) is 8.46. The molecule has 1 heterocycles. The van der Waals surface area contributed by atoms with Gasteiger partial charge < -0.3 is 4.90 Å². The Morgan fingerprint density at radius 3 is 2.29 bits per heavy atom. The van der Waals surface area contributed by atoms with Crippen molar-refractivity contribution in [3.8, 4) is 0 Å². The van der Waals surface area contributed by atoms with Crippen molar-refractivity contribution in [2.75, 3.05) is 19.8 Å². The lowest BCUT2D eigenvalue weighted by Gasteiger charge is -2.36. The Hall–Kier alpha value is -0.630. The van der Waals surface area contributed by atoms with E-state index in [1.54, 1.807) is 0 Å². The van der Waals surface area contributed by atoms with E-state index in [4.69, 9.17) is 0 Å². The number of rotatable bonds is 9. The zero-order chi connectivity index (χ0) is 17.5. The summed E-state index contributed by atoms with van der Waals surface area (Å²) in [7, 11) is 0. The number of alkyl halides is 1. The summed E-state index contributed by atoms with van der Waals surface area (Å²) >= 11 is 0. The highest BCUT2D eigenvalue weighted by atomic mass is 19.1. The van der Waals surface area contributed by atoms with Gasteiger partial charge in [-0.3, -0.25) is 4.39 Å². The highest BCUT2D eigenvalue weighted by Crippen LogP contribution is 2.37. The molecule has 1 aliphatic carbocycles. The van der Waals surface area contributed by atoms with Crippen LogP contribution in [0.4, 0.5) is 4.39 Å². The fourth-order valence-electron chi connectivity index (χ4n) is 4.15. The zero-order valence-electron chi connectivity index (χ0n) is 16.3. The Kier molecular flexibility index (Phi) is 8.00. The molecule has 0 spiro atoms. The Morgan fingerprint density at radius 2 is 1.79 bits per heavy atom. The van der Waals surface area contributed by atoms with Crippen LogP contribution in [0.3, 0.4) is 0 Å². The molecular formula is C22H38FN. The van der Waals surface area contributed by atoms with E-state index in [0.29, 0.717) is 5.92 Å². The Balaban J connectivity index is 1.86. The van der Waals surface area contributed by atoms with E-state index in [-0.39, 0.29) is 12.6 Å². The van der Waals surface area contributed by atoms with Crippen molar-refractivity contribution in [2.24, 2.45) is 23.7 Å². The SMILES string of the molecule is C/C=C/C(CF)/C(=C/CC1CCN(C(C)C2CC2)CC1)CC(C)C. The number of nitrogens with zero attached hydrogens (tertiary/aromatic N) is 1. The third-order valence-electron chi connectivity index (χ3n) is 5.95. The van der Waals surface area contributed by atoms with Crippen LogP contribution in [0.1, 0.15) is 66.2 Å². The predicted octanol–water partition coefficient (Wildman–Crippen LogP) is 6.02. The van der Waals surface area contributed by atoms with Crippen LogP contribution in [0.5, 0.6) is 0 Å². The maximum absolute atomic E-state index is 13.4. The molecule has 0 N–H and O–H groups in total. The van der Waals surface area contributed by atoms with Crippen molar-refractivity contribution >= 4 is 0 Å². The Bertz CT molecular complexity index is 414. The monoisotopic (exact) mass is 335 g/mol. The molecule has 1 saturated carbocycles. The van der Waals surface area contributed by atoms with Crippen LogP contribution in [0.2, 0.25) is 0 Å². The van der Waals surface area contributed by atoms with Gasteiger partial charge in [0.15, 0.2) is 0 Å². The van der Waals surface area contributed by atoms with Gasteiger partial charge in [-0.25, -0.2) is 0 Å². The van der Waals surface area contributed by atoms with E-state index in [9.17, 15) is 4.39 Å². The molecule has 0 bridgehead atoms. The van der Waals surface area contributed by atoms with Gasteiger partial charge in [0.05, 0.1) is 6.67 Å². The Labute approximate surface area is 149 Å². The van der Waals surface area contributed by atoms with Gasteiger partial charge in [-0.2, -0.15) is 0 Å². The molecule has 1 saturated heterocycles. The van der Waals surface area contributed by atoms with Crippen molar-refractivity contribution < 1.29 is 4.39 Å². The predicted molar refractivity (Wildman–Crippen MR) is 103 cm³/mol. The second kappa shape index (κ2) is 9.75. The normalized spacial score (nSPS) is 24.0. The molecule has 2 unspecified atom stereocenters. The first kappa shape index (κ1) is 19.7. The molecule has 2 aliphatic rings. The smallest absolute Gasteiger partial charge is 0.0994 e. The quantitative estimate of drug-likeness (QED) is 0.466. The zero-order valence-corrected chi connectivity index (χ0v) is 16.3. The third kappa shape index (κ3) is 6.02. The molecule has 2 heteroatoms. The lowest BCUT2D eigenvalue weighted by Crippen LogP contribution is -2.40. The fraction of sp³-hybridized carbons (Fsp3) is 0.818. The number of allylic oxidation sites excluding steroid dienone is 4. The molecule has 138 valence electrons. The van der Waals surface area contributed by atoms with Crippen molar-refractivity contribution in [2.45, 2.75) is 72.3 Å². The van der Waals surface area contributed by atoms with Crippen molar-refractivity contribution in [3.05, 3.63) is 23.8 Å². The largest absolute Gasteiger partial charge is 0.300 e. The topological polar surface area (TPSA) is 3.24 Å². The van der Waals surface area contributed by atoms with Gasteiger partial charge in [0, 0.05) is 12.0 Å². The summed E-state index contributed by atoms with van der Waals surface area (Å²) in [5, 5.41) is 0. The highest BCUT2D eigenvalue weighted by molar-refractivity contribution is 5.14. The van der Waals surface area contributed by atoms with Gasteiger partial charge in [0.1, 0.15) is 0 Å². The lowest BCUT2D eigenvalue weighted by molar-refractivity contribution is 0.129. The van der Waals surface area contributed by atoms with E-state index < -0.39 is 0 Å². The average molecular weight is 336 g/mol. The van der Waals surface area contributed by atoms with E-state index in [1.165, 1.54) is 44.3 Å². The summed E-state index contributed by atoms with van der Waals surface area (Å²) in [6.07, 6.45) is 14.1. The van der Waals surface area contributed by atoms with E-state index in [0.717, 1.165) is 30.7 Å². The molecule has 0 aromatic rings. The average Bonchev–Trinajstić information content (AvgIpc) is 3.41. The minimum Gasteiger partial charge on any atom is -0.300 e. The van der Waals surface area contributed by atoms with Crippen LogP contribution >= 0.6 is 0 Å². The molecule has 24 heavy (non-hydrogen) atoms.